The molecule has 9 nitrogen and oxygen atoms in total. The van der Waals surface area contributed by atoms with E-state index in [1.807, 2.05) is 43.1 Å². The van der Waals surface area contributed by atoms with Crippen molar-refractivity contribution < 1.29 is 34.1 Å². The maximum Gasteiger partial charge on any atom is 0.239 e. The van der Waals surface area contributed by atoms with E-state index in [1.54, 1.807) is 17.8 Å². The van der Waals surface area contributed by atoms with Gasteiger partial charge < -0.3 is 34.2 Å². The van der Waals surface area contributed by atoms with Crippen molar-refractivity contribution in [3.8, 4) is 17.2 Å². The molecule has 55 heavy (non-hydrogen) atoms. The first-order valence-electron chi connectivity index (χ1n) is 20.6. The van der Waals surface area contributed by atoms with Crippen molar-refractivity contribution in [2.45, 2.75) is 113 Å². The number of carbonyl (C=O) groups is 1. The van der Waals surface area contributed by atoms with E-state index < -0.39 is 11.8 Å². The Morgan fingerprint density at radius 3 is 2.45 bits per heavy atom. The molecule has 1 heterocycles. The second-order valence-electron chi connectivity index (χ2n) is 15.7. The van der Waals surface area contributed by atoms with Gasteiger partial charge in [0.05, 0.1) is 18.2 Å². The minimum Gasteiger partial charge on any atom is -0.459 e. The fourth-order valence-corrected chi connectivity index (χ4v) is 10.1. The molecule has 10 heteroatoms. The molecule has 2 saturated carbocycles. The number of nitrogens with zero attached hydrogens (tertiary/aromatic N) is 2. The van der Waals surface area contributed by atoms with Crippen molar-refractivity contribution in [3.63, 3.8) is 0 Å². The predicted molar refractivity (Wildman–Crippen MR) is 219 cm³/mol. The molecular weight excluding hydrogens is 713 g/mol. The number of aliphatic hydroxyl groups is 2. The summed E-state index contributed by atoms with van der Waals surface area (Å²) in [4.78, 5) is 23.1. The predicted octanol–water partition coefficient (Wildman–Crippen LogP) is 9.28. The number of ether oxygens (including phenoxy) is 3. The standard InChI is InChI=1S/C45H62N2O7S/c1-5-27-51-45-41(47(3)42(50)24-17-31-13-7-8-14-31)30-39(46-52-6-2)37-28-32(15-9-11-25-48)36(16-10-12-26-49)43(44(37)45)38-29-34(20-23-40(38)54-45)53-33-18-21-35(55-4)22-19-33/h5,18-23,28-29,31-32,36,41,43-44,48-49H,1,6-17,24-27,30H2,2-4H3/t32-,36+,41-,43+,44+,45+/m0/s1. The number of allylic oxidation sites excluding steroid dienone is 1. The highest BCUT2D eigenvalue weighted by Gasteiger charge is 2.65. The number of rotatable bonds is 20. The zero-order valence-corrected chi connectivity index (χ0v) is 33.9. The van der Waals surface area contributed by atoms with Crippen LogP contribution < -0.4 is 9.47 Å². The summed E-state index contributed by atoms with van der Waals surface area (Å²) in [5, 5.41) is 24.5. The molecule has 3 aliphatic carbocycles. The maximum absolute atomic E-state index is 14.2. The van der Waals surface area contributed by atoms with Gasteiger partial charge in [-0.05, 0) is 111 Å². The molecule has 1 aliphatic heterocycles. The van der Waals surface area contributed by atoms with Crippen LogP contribution >= 0.6 is 11.8 Å². The fraction of sp³-hybridized carbons (Fsp3) is 0.600. The third-order valence-corrected chi connectivity index (χ3v) is 13.1. The number of oxime groups is 1. The van der Waals surface area contributed by atoms with E-state index in [-0.39, 0.29) is 49.4 Å². The van der Waals surface area contributed by atoms with Crippen molar-refractivity contribution in [1.82, 2.24) is 4.90 Å². The third kappa shape index (κ3) is 9.30. The maximum atomic E-state index is 14.2. The van der Waals surface area contributed by atoms with E-state index in [1.165, 1.54) is 30.6 Å². The number of hydrogen-bond donors (Lipinski definition) is 2. The molecule has 6 atom stereocenters. The number of thioether (sulfide) groups is 1. The minimum atomic E-state index is -1.23. The molecule has 2 aromatic rings. The van der Waals surface area contributed by atoms with Crippen LogP contribution in [0.1, 0.15) is 102 Å². The van der Waals surface area contributed by atoms with E-state index in [9.17, 15) is 15.0 Å². The highest BCUT2D eigenvalue weighted by Crippen LogP contribution is 2.62. The van der Waals surface area contributed by atoms with Crippen molar-refractivity contribution in [1.29, 1.82) is 0 Å². The first-order valence-corrected chi connectivity index (χ1v) is 21.9. The van der Waals surface area contributed by atoms with E-state index >= 15 is 0 Å². The Bertz CT molecular complexity index is 1640. The largest absolute Gasteiger partial charge is 0.459 e. The molecule has 1 amide bonds. The van der Waals surface area contributed by atoms with Crippen LogP contribution in [-0.4, -0.2) is 78.3 Å². The lowest BCUT2D eigenvalue weighted by Crippen LogP contribution is -2.69. The molecule has 0 spiro atoms. The molecule has 300 valence electrons. The summed E-state index contributed by atoms with van der Waals surface area (Å²) in [6.45, 7) is 6.92. The molecule has 4 aliphatic rings. The van der Waals surface area contributed by atoms with Gasteiger partial charge in [-0.1, -0.05) is 55.8 Å². The molecule has 0 radical (unpaired) electrons. The molecule has 0 bridgehead atoms. The van der Waals surface area contributed by atoms with Crippen LogP contribution in [0.5, 0.6) is 17.2 Å². The van der Waals surface area contributed by atoms with Gasteiger partial charge in [0.15, 0.2) is 0 Å². The Hall–Kier alpha value is -3.31. The van der Waals surface area contributed by atoms with Crippen molar-refractivity contribution in [2.24, 2.45) is 28.8 Å². The van der Waals surface area contributed by atoms with Gasteiger partial charge in [0.25, 0.3) is 0 Å². The Morgan fingerprint density at radius 2 is 1.76 bits per heavy atom. The molecular formula is C45H62N2O7S. The summed E-state index contributed by atoms with van der Waals surface area (Å²) in [6.07, 6.45) is 17.8. The number of aliphatic hydroxyl groups excluding tert-OH is 2. The minimum absolute atomic E-state index is 0.0843. The number of carbonyl (C=O) groups excluding carboxylic acids is 1. The number of likely N-dealkylation sites (N-methyl/N-ethyl adjacent to an activating group) is 1. The van der Waals surface area contributed by atoms with Gasteiger partial charge in [-0.3, -0.25) is 4.79 Å². The Balaban J connectivity index is 1.50. The fourth-order valence-electron chi connectivity index (χ4n) is 9.69. The van der Waals surface area contributed by atoms with Crippen LogP contribution in [0.3, 0.4) is 0 Å². The summed E-state index contributed by atoms with van der Waals surface area (Å²) >= 11 is 1.69. The van der Waals surface area contributed by atoms with Gasteiger partial charge >= 0.3 is 0 Å². The number of hydrogen-bond acceptors (Lipinski definition) is 9. The summed E-state index contributed by atoms with van der Waals surface area (Å²) < 4.78 is 20.8. The zero-order chi connectivity index (χ0) is 38.8. The molecule has 2 aromatic carbocycles. The van der Waals surface area contributed by atoms with Gasteiger partial charge in [0, 0.05) is 49.5 Å². The van der Waals surface area contributed by atoms with Gasteiger partial charge in [-0.15, -0.1) is 18.3 Å². The first-order chi connectivity index (χ1) is 26.9. The third-order valence-electron chi connectivity index (χ3n) is 12.3. The van der Waals surface area contributed by atoms with Crippen LogP contribution in [0.15, 0.2) is 76.8 Å². The zero-order valence-electron chi connectivity index (χ0n) is 33.1. The summed E-state index contributed by atoms with van der Waals surface area (Å²) in [6, 6.07) is 13.7. The quantitative estimate of drug-likeness (QED) is 0.0593. The summed E-state index contributed by atoms with van der Waals surface area (Å²) in [5.74, 6) is 1.55. The molecule has 0 aromatic heterocycles. The van der Waals surface area contributed by atoms with Crippen molar-refractivity contribution >= 4 is 23.4 Å². The van der Waals surface area contributed by atoms with Crippen molar-refractivity contribution in [2.75, 3.05) is 39.7 Å². The average molecular weight is 775 g/mol. The number of amides is 1. The smallest absolute Gasteiger partial charge is 0.239 e. The van der Waals surface area contributed by atoms with Crippen LogP contribution in [0, 0.1) is 23.7 Å². The molecule has 6 rings (SSSR count). The van der Waals surface area contributed by atoms with E-state index in [2.05, 4.69) is 37.1 Å². The first kappa shape index (κ1) is 41.3. The highest BCUT2D eigenvalue weighted by atomic mass is 32.2. The SMILES string of the molecule is C=CCO[C@@]12Oc3ccc(Oc4ccc(SC)cc4)cc3[C@H]3[C@H](CCCCO)[C@@H](CCCCO)C=C(C(=NOCC)C[C@@H]1N(C)C(=O)CCC1CCCC1)[C@H]32. The van der Waals surface area contributed by atoms with Crippen LogP contribution in [-0.2, 0) is 14.4 Å². The second kappa shape index (κ2) is 19.7. The lowest BCUT2D eigenvalue weighted by atomic mass is 9.55. The van der Waals surface area contributed by atoms with E-state index in [0.29, 0.717) is 31.8 Å². The topological polar surface area (TPSA) is 110 Å². The molecule has 2 N–H and O–H groups in total. The Labute approximate surface area is 332 Å². The number of unbranched alkanes of at least 4 members (excludes halogenated alkanes) is 2. The highest BCUT2D eigenvalue weighted by molar-refractivity contribution is 7.98. The number of fused-ring (bicyclic) bond motifs is 2. The molecule has 0 saturated heterocycles. The van der Waals surface area contributed by atoms with Gasteiger partial charge in [0.1, 0.15) is 29.9 Å². The monoisotopic (exact) mass is 774 g/mol. The normalized spacial score (nSPS) is 26.5. The van der Waals surface area contributed by atoms with Crippen LogP contribution in [0.25, 0.3) is 0 Å². The average Bonchev–Trinajstić information content (AvgIpc) is 3.74. The molecule has 2 fully saturated rings. The lowest BCUT2D eigenvalue weighted by Gasteiger charge is -2.59. The second-order valence-corrected chi connectivity index (χ2v) is 16.5. The van der Waals surface area contributed by atoms with Gasteiger partial charge in [-0.2, -0.15) is 0 Å². The van der Waals surface area contributed by atoms with Crippen LogP contribution in [0.2, 0.25) is 0 Å². The van der Waals surface area contributed by atoms with Crippen molar-refractivity contribution in [3.05, 3.63) is 72.3 Å². The van der Waals surface area contributed by atoms with E-state index in [4.69, 9.17) is 24.2 Å². The Morgan fingerprint density at radius 1 is 1.04 bits per heavy atom. The Kier molecular flexibility index (Phi) is 14.8. The van der Waals surface area contributed by atoms with Crippen LogP contribution in [0.4, 0.5) is 0 Å². The number of benzene rings is 2. The summed E-state index contributed by atoms with van der Waals surface area (Å²) in [5.41, 5.74) is 2.91. The van der Waals surface area contributed by atoms with E-state index in [0.717, 1.165) is 72.6 Å². The van der Waals surface area contributed by atoms with Gasteiger partial charge in [-0.25, -0.2) is 0 Å². The summed E-state index contributed by atoms with van der Waals surface area (Å²) in [7, 11) is 1.90. The lowest BCUT2D eigenvalue weighted by molar-refractivity contribution is -0.255. The molecule has 0 unspecified atom stereocenters. The van der Waals surface area contributed by atoms with Gasteiger partial charge in [0.2, 0.25) is 11.7 Å².